The molecule has 112 valence electrons. The van der Waals surface area contributed by atoms with Crippen LogP contribution in [0.1, 0.15) is 30.9 Å². The minimum atomic E-state index is -4.25. The van der Waals surface area contributed by atoms with Gasteiger partial charge in [0.05, 0.1) is 0 Å². The molecule has 0 amide bonds. The van der Waals surface area contributed by atoms with E-state index in [2.05, 4.69) is 5.32 Å². The highest BCUT2D eigenvalue weighted by atomic mass is 19.4. The molecule has 0 saturated carbocycles. The maximum Gasteiger partial charge on any atom is 0.408 e. The maximum absolute atomic E-state index is 13.5. The van der Waals surface area contributed by atoms with E-state index in [1.807, 2.05) is 0 Å². The van der Waals surface area contributed by atoms with E-state index in [4.69, 9.17) is 0 Å². The SMILES string of the molecule is CN(C1CCCNCC1)C(c1ccccc1)C(F)(F)F. The predicted molar refractivity (Wildman–Crippen MR) is 73.5 cm³/mol. The van der Waals surface area contributed by atoms with Crippen LogP contribution >= 0.6 is 0 Å². The molecular weight excluding hydrogens is 265 g/mol. The molecule has 0 aromatic heterocycles. The van der Waals surface area contributed by atoms with Gasteiger partial charge in [-0.2, -0.15) is 13.2 Å². The Morgan fingerprint density at radius 3 is 2.50 bits per heavy atom. The highest BCUT2D eigenvalue weighted by molar-refractivity contribution is 5.20. The molecule has 20 heavy (non-hydrogen) atoms. The van der Waals surface area contributed by atoms with Gasteiger partial charge in [0.2, 0.25) is 0 Å². The quantitative estimate of drug-likeness (QED) is 0.916. The Morgan fingerprint density at radius 1 is 1.15 bits per heavy atom. The molecule has 0 radical (unpaired) electrons. The van der Waals surface area contributed by atoms with E-state index in [0.717, 1.165) is 32.4 Å². The largest absolute Gasteiger partial charge is 0.408 e. The highest BCUT2D eigenvalue weighted by Crippen LogP contribution is 2.38. The number of nitrogens with zero attached hydrogens (tertiary/aromatic N) is 1. The van der Waals surface area contributed by atoms with Gasteiger partial charge in [-0.25, -0.2) is 0 Å². The first-order chi connectivity index (χ1) is 9.50. The Kier molecular flexibility index (Phi) is 5.05. The Labute approximate surface area is 118 Å². The molecule has 1 aromatic carbocycles. The van der Waals surface area contributed by atoms with Crippen molar-refractivity contribution in [1.82, 2.24) is 10.2 Å². The van der Waals surface area contributed by atoms with E-state index in [0.29, 0.717) is 5.56 Å². The van der Waals surface area contributed by atoms with Crippen LogP contribution in [0.2, 0.25) is 0 Å². The maximum atomic E-state index is 13.5. The van der Waals surface area contributed by atoms with Crippen molar-refractivity contribution in [3.05, 3.63) is 35.9 Å². The van der Waals surface area contributed by atoms with Gasteiger partial charge in [-0.05, 0) is 45.0 Å². The Balaban J connectivity index is 2.22. The summed E-state index contributed by atoms with van der Waals surface area (Å²) in [5, 5.41) is 3.24. The van der Waals surface area contributed by atoms with Crippen LogP contribution in [0.4, 0.5) is 13.2 Å². The minimum absolute atomic E-state index is 0.0307. The van der Waals surface area contributed by atoms with Crippen molar-refractivity contribution in [2.24, 2.45) is 0 Å². The van der Waals surface area contributed by atoms with Gasteiger partial charge in [0.1, 0.15) is 6.04 Å². The molecule has 2 nitrogen and oxygen atoms in total. The zero-order valence-corrected chi connectivity index (χ0v) is 11.7. The molecule has 1 heterocycles. The van der Waals surface area contributed by atoms with Crippen LogP contribution in [0.25, 0.3) is 0 Å². The first kappa shape index (κ1) is 15.3. The van der Waals surface area contributed by atoms with Crippen molar-refractivity contribution in [2.75, 3.05) is 20.1 Å². The van der Waals surface area contributed by atoms with Crippen molar-refractivity contribution < 1.29 is 13.2 Å². The van der Waals surface area contributed by atoms with Crippen molar-refractivity contribution in [3.63, 3.8) is 0 Å². The van der Waals surface area contributed by atoms with Gasteiger partial charge >= 0.3 is 6.18 Å². The number of halogens is 3. The number of nitrogens with one attached hydrogen (secondary N) is 1. The zero-order chi connectivity index (χ0) is 14.6. The molecule has 0 bridgehead atoms. The first-order valence-corrected chi connectivity index (χ1v) is 7.04. The summed E-state index contributed by atoms with van der Waals surface area (Å²) in [6.45, 7) is 1.68. The third kappa shape index (κ3) is 3.73. The van der Waals surface area contributed by atoms with E-state index in [-0.39, 0.29) is 6.04 Å². The lowest BCUT2D eigenvalue weighted by molar-refractivity contribution is -0.189. The summed E-state index contributed by atoms with van der Waals surface area (Å²) in [6.07, 6.45) is -1.76. The lowest BCUT2D eigenvalue weighted by atomic mass is 10.0. The summed E-state index contributed by atoms with van der Waals surface area (Å²) in [5.74, 6) is 0. The van der Waals surface area contributed by atoms with Crippen LogP contribution in [-0.4, -0.2) is 37.3 Å². The van der Waals surface area contributed by atoms with Gasteiger partial charge in [0.25, 0.3) is 0 Å². The van der Waals surface area contributed by atoms with Crippen LogP contribution in [0, 0.1) is 0 Å². The molecule has 2 unspecified atom stereocenters. The average Bonchev–Trinajstić information content (AvgIpc) is 2.67. The van der Waals surface area contributed by atoms with Crippen molar-refractivity contribution >= 4 is 0 Å². The van der Waals surface area contributed by atoms with Crippen molar-refractivity contribution in [1.29, 1.82) is 0 Å². The van der Waals surface area contributed by atoms with Crippen LogP contribution in [0.5, 0.6) is 0 Å². The average molecular weight is 286 g/mol. The minimum Gasteiger partial charge on any atom is -0.317 e. The molecule has 1 fully saturated rings. The van der Waals surface area contributed by atoms with Crippen LogP contribution < -0.4 is 5.32 Å². The molecule has 1 aromatic rings. The van der Waals surface area contributed by atoms with E-state index < -0.39 is 12.2 Å². The smallest absolute Gasteiger partial charge is 0.317 e. The number of alkyl halides is 3. The number of benzene rings is 1. The monoisotopic (exact) mass is 286 g/mol. The fourth-order valence-corrected chi connectivity index (χ4v) is 2.91. The Bertz CT molecular complexity index is 397. The van der Waals surface area contributed by atoms with Crippen LogP contribution in [0.3, 0.4) is 0 Å². The predicted octanol–water partition coefficient (Wildman–Crippen LogP) is 3.36. The Hall–Kier alpha value is -1.07. The second-order valence-electron chi connectivity index (χ2n) is 5.36. The summed E-state index contributed by atoms with van der Waals surface area (Å²) in [5.41, 5.74) is 0.319. The van der Waals surface area contributed by atoms with Gasteiger partial charge in [-0.3, -0.25) is 4.90 Å². The fourth-order valence-electron chi connectivity index (χ4n) is 2.91. The second kappa shape index (κ2) is 6.59. The fraction of sp³-hybridized carbons (Fsp3) is 0.600. The third-order valence-corrected chi connectivity index (χ3v) is 3.95. The molecule has 2 rings (SSSR count). The Morgan fingerprint density at radius 2 is 1.85 bits per heavy atom. The first-order valence-electron chi connectivity index (χ1n) is 7.04. The van der Waals surface area contributed by atoms with E-state index in [9.17, 15) is 13.2 Å². The summed E-state index contributed by atoms with van der Waals surface area (Å²) < 4.78 is 40.4. The molecular formula is C15H21F3N2. The molecule has 0 aliphatic carbocycles. The molecule has 1 aliphatic heterocycles. The van der Waals surface area contributed by atoms with E-state index in [1.165, 1.54) is 4.90 Å². The van der Waals surface area contributed by atoms with Gasteiger partial charge in [0, 0.05) is 6.04 Å². The summed E-state index contributed by atoms with van der Waals surface area (Å²) >= 11 is 0. The molecule has 0 spiro atoms. The van der Waals surface area contributed by atoms with Gasteiger partial charge < -0.3 is 5.32 Å². The molecule has 1 saturated heterocycles. The second-order valence-corrected chi connectivity index (χ2v) is 5.36. The van der Waals surface area contributed by atoms with Crippen molar-refractivity contribution in [2.45, 2.75) is 37.5 Å². The number of hydrogen-bond acceptors (Lipinski definition) is 2. The lowest BCUT2D eigenvalue weighted by Gasteiger charge is -2.36. The molecule has 1 aliphatic rings. The van der Waals surface area contributed by atoms with Gasteiger partial charge in [0.15, 0.2) is 0 Å². The topological polar surface area (TPSA) is 15.3 Å². The van der Waals surface area contributed by atoms with Crippen molar-refractivity contribution in [3.8, 4) is 0 Å². The van der Waals surface area contributed by atoms with Crippen LogP contribution in [-0.2, 0) is 0 Å². The van der Waals surface area contributed by atoms with Gasteiger partial charge in [-0.1, -0.05) is 30.3 Å². The van der Waals surface area contributed by atoms with Gasteiger partial charge in [-0.15, -0.1) is 0 Å². The number of rotatable bonds is 3. The summed E-state index contributed by atoms with van der Waals surface area (Å²) in [4.78, 5) is 1.50. The normalized spacial score (nSPS) is 22.6. The highest BCUT2D eigenvalue weighted by Gasteiger charge is 2.45. The molecule has 2 atom stereocenters. The zero-order valence-electron chi connectivity index (χ0n) is 11.7. The van der Waals surface area contributed by atoms with Crippen LogP contribution in [0.15, 0.2) is 30.3 Å². The van der Waals surface area contributed by atoms with E-state index in [1.54, 1.807) is 37.4 Å². The third-order valence-electron chi connectivity index (χ3n) is 3.95. The summed E-state index contributed by atoms with van der Waals surface area (Å²) in [7, 11) is 1.60. The molecule has 1 N–H and O–H groups in total. The van der Waals surface area contributed by atoms with E-state index >= 15 is 0 Å². The number of hydrogen-bond donors (Lipinski definition) is 1. The lowest BCUT2D eigenvalue weighted by Crippen LogP contribution is -2.42. The standard InChI is InChI=1S/C15H21F3N2/c1-20(13-8-5-10-19-11-9-13)14(15(16,17)18)12-6-3-2-4-7-12/h2-4,6-7,13-14,19H,5,8-11H2,1H3. The molecule has 5 heteroatoms. The summed E-state index contributed by atoms with van der Waals surface area (Å²) in [6, 6.07) is 6.64.